The number of nitrogens with one attached hydrogen (secondary N) is 1. The van der Waals surface area contributed by atoms with Gasteiger partial charge in [-0.15, -0.1) is 0 Å². The van der Waals surface area contributed by atoms with Crippen LogP contribution in [0.1, 0.15) is 12.8 Å². The van der Waals surface area contributed by atoms with E-state index < -0.39 is 0 Å². The number of aryl methyl sites for hydroxylation is 1. The molecule has 0 aliphatic heterocycles. The van der Waals surface area contributed by atoms with E-state index in [-0.39, 0.29) is 11.5 Å². The molecule has 0 spiro atoms. The van der Waals surface area contributed by atoms with Crippen molar-refractivity contribution < 1.29 is 4.79 Å². The summed E-state index contributed by atoms with van der Waals surface area (Å²) in [5.41, 5.74) is 1.96. The van der Waals surface area contributed by atoms with Crippen LogP contribution in [0.2, 0.25) is 0 Å². The molecule has 0 bridgehead atoms. The minimum atomic E-state index is -0.224. The van der Waals surface area contributed by atoms with Crippen LogP contribution in [-0.4, -0.2) is 10.5 Å². The predicted octanol–water partition coefficient (Wildman–Crippen LogP) is 0.381. The molecule has 6 heteroatoms. The number of hydrogen-bond acceptors (Lipinski definition) is 3. The van der Waals surface area contributed by atoms with Gasteiger partial charge in [-0.3, -0.25) is 15.0 Å². The highest BCUT2D eigenvalue weighted by atomic mass is 79.9. The zero-order chi connectivity index (χ0) is 11.3. The lowest BCUT2D eigenvalue weighted by Gasteiger charge is -2.05. The fourth-order valence-corrected chi connectivity index (χ4v) is 1.54. The number of hydrazine groups is 1. The summed E-state index contributed by atoms with van der Waals surface area (Å²) >= 11 is 3.27. The van der Waals surface area contributed by atoms with E-state index in [0.717, 1.165) is 4.47 Å². The monoisotopic (exact) mass is 273 g/mol. The number of nitrogens with zero attached hydrogens (tertiary/aromatic N) is 1. The Labute approximate surface area is 95.4 Å². The molecule has 0 unspecified atom stereocenters. The summed E-state index contributed by atoms with van der Waals surface area (Å²) in [7, 11) is 0. The van der Waals surface area contributed by atoms with E-state index >= 15 is 0 Å². The van der Waals surface area contributed by atoms with Crippen LogP contribution in [0.5, 0.6) is 0 Å². The van der Waals surface area contributed by atoms with Crippen LogP contribution < -0.4 is 16.8 Å². The molecule has 0 aromatic carbocycles. The van der Waals surface area contributed by atoms with Gasteiger partial charge in [-0.2, -0.15) is 0 Å². The summed E-state index contributed by atoms with van der Waals surface area (Å²) in [6.07, 6.45) is 2.59. The second-order valence-corrected chi connectivity index (χ2v) is 3.97. The summed E-state index contributed by atoms with van der Waals surface area (Å²) in [4.78, 5) is 22.2. The van der Waals surface area contributed by atoms with E-state index in [1.807, 2.05) is 5.43 Å². The average molecular weight is 274 g/mol. The second-order valence-electron chi connectivity index (χ2n) is 3.05. The van der Waals surface area contributed by atoms with Gasteiger partial charge in [0.05, 0.1) is 0 Å². The van der Waals surface area contributed by atoms with E-state index in [1.165, 1.54) is 6.07 Å². The smallest absolute Gasteiger partial charge is 0.250 e. The molecular weight excluding hydrogens is 262 g/mol. The lowest BCUT2D eigenvalue weighted by atomic mass is 10.3. The number of nitrogens with two attached hydrogens (primary N) is 1. The van der Waals surface area contributed by atoms with Crippen molar-refractivity contribution in [3.05, 3.63) is 33.2 Å². The number of rotatable bonds is 4. The molecule has 0 fully saturated rings. The van der Waals surface area contributed by atoms with Gasteiger partial charge in [-0.1, -0.05) is 0 Å². The fourth-order valence-electron chi connectivity index (χ4n) is 1.16. The largest absolute Gasteiger partial charge is 0.314 e. The Hall–Kier alpha value is -1.14. The lowest BCUT2D eigenvalue weighted by Crippen LogP contribution is -2.30. The van der Waals surface area contributed by atoms with Crippen molar-refractivity contribution in [2.75, 3.05) is 0 Å². The molecule has 3 N–H and O–H groups in total. The maximum Gasteiger partial charge on any atom is 0.250 e. The number of aromatic nitrogens is 1. The summed E-state index contributed by atoms with van der Waals surface area (Å²) in [6.45, 7) is 0.506. The quantitative estimate of drug-likeness (QED) is 0.473. The molecular formula is C9H12BrN3O2. The van der Waals surface area contributed by atoms with Gasteiger partial charge in [0, 0.05) is 29.7 Å². The standard InChI is InChI=1S/C9H12BrN3O2/c10-7-3-4-9(15)13(6-7)5-1-2-8(14)12-11/h3-4,6H,1-2,5,11H2,(H,12,14). The molecule has 0 radical (unpaired) electrons. The van der Waals surface area contributed by atoms with E-state index in [1.54, 1.807) is 16.8 Å². The number of carbonyl (C=O) groups is 1. The summed E-state index contributed by atoms with van der Waals surface area (Å²) in [6, 6.07) is 3.17. The minimum Gasteiger partial charge on any atom is -0.314 e. The molecule has 15 heavy (non-hydrogen) atoms. The molecule has 5 nitrogen and oxygen atoms in total. The van der Waals surface area contributed by atoms with Crippen LogP contribution in [0.3, 0.4) is 0 Å². The predicted molar refractivity (Wildman–Crippen MR) is 60.0 cm³/mol. The van der Waals surface area contributed by atoms with Crippen LogP contribution in [-0.2, 0) is 11.3 Å². The molecule has 1 aromatic rings. The van der Waals surface area contributed by atoms with Crippen molar-refractivity contribution in [2.24, 2.45) is 5.84 Å². The molecule has 0 aliphatic carbocycles. The first-order valence-electron chi connectivity index (χ1n) is 4.49. The third-order valence-corrected chi connectivity index (χ3v) is 2.38. The molecule has 0 atom stereocenters. The van der Waals surface area contributed by atoms with Gasteiger partial charge in [0.2, 0.25) is 5.91 Å². The fraction of sp³-hybridized carbons (Fsp3) is 0.333. The van der Waals surface area contributed by atoms with Crippen molar-refractivity contribution in [2.45, 2.75) is 19.4 Å². The molecule has 0 aliphatic rings. The molecule has 1 heterocycles. The van der Waals surface area contributed by atoms with E-state index in [9.17, 15) is 9.59 Å². The molecule has 82 valence electrons. The molecule has 0 saturated heterocycles. The molecule has 1 aromatic heterocycles. The number of pyridine rings is 1. The van der Waals surface area contributed by atoms with Crippen LogP contribution in [0.4, 0.5) is 0 Å². The van der Waals surface area contributed by atoms with Crippen LogP contribution in [0.15, 0.2) is 27.6 Å². The summed E-state index contributed by atoms with van der Waals surface area (Å²) < 4.78 is 2.39. The van der Waals surface area contributed by atoms with Gasteiger partial charge in [0.1, 0.15) is 0 Å². The third-order valence-electron chi connectivity index (χ3n) is 1.91. The zero-order valence-corrected chi connectivity index (χ0v) is 9.66. The third kappa shape index (κ3) is 3.85. The lowest BCUT2D eigenvalue weighted by molar-refractivity contribution is -0.121. The topological polar surface area (TPSA) is 77.1 Å². The SMILES string of the molecule is NNC(=O)CCCn1cc(Br)ccc1=O. The Morgan fingerprint density at radius 1 is 1.53 bits per heavy atom. The van der Waals surface area contributed by atoms with Gasteiger partial charge in [-0.25, -0.2) is 5.84 Å². The Morgan fingerprint density at radius 3 is 2.93 bits per heavy atom. The summed E-state index contributed by atoms with van der Waals surface area (Å²) in [5.74, 6) is 4.71. The Balaban J connectivity index is 2.54. The normalized spacial score (nSPS) is 10.0. The highest BCUT2D eigenvalue weighted by molar-refractivity contribution is 9.10. The van der Waals surface area contributed by atoms with Crippen LogP contribution in [0, 0.1) is 0 Å². The highest BCUT2D eigenvalue weighted by Crippen LogP contribution is 2.05. The van der Waals surface area contributed by atoms with E-state index in [4.69, 9.17) is 5.84 Å². The van der Waals surface area contributed by atoms with Crippen molar-refractivity contribution in [3.63, 3.8) is 0 Å². The molecule has 1 amide bonds. The average Bonchev–Trinajstić information content (AvgIpc) is 2.23. The van der Waals surface area contributed by atoms with Crippen molar-refractivity contribution in [3.8, 4) is 0 Å². The van der Waals surface area contributed by atoms with Gasteiger partial charge >= 0.3 is 0 Å². The van der Waals surface area contributed by atoms with Crippen molar-refractivity contribution in [1.82, 2.24) is 9.99 Å². The first-order valence-corrected chi connectivity index (χ1v) is 5.28. The van der Waals surface area contributed by atoms with E-state index in [0.29, 0.717) is 19.4 Å². The Kier molecular flexibility index (Phi) is 4.51. The number of amides is 1. The van der Waals surface area contributed by atoms with Gasteiger partial charge in [0.15, 0.2) is 0 Å². The van der Waals surface area contributed by atoms with Crippen LogP contribution in [0.25, 0.3) is 0 Å². The first kappa shape index (κ1) is 11.9. The number of carbonyl (C=O) groups excluding carboxylic acids is 1. The minimum absolute atomic E-state index is 0.0774. The maximum atomic E-state index is 11.3. The molecule has 0 saturated carbocycles. The number of hydrogen-bond donors (Lipinski definition) is 2. The number of halogens is 1. The van der Waals surface area contributed by atoms with Gasteiger partial charge in [0.25, 0.3) is 5.56 Å². The first-order chi connectivity index (χ1) is 7.13. The Morgan fingerprint density at radius 2 is 2.27 bits per heavy atom. The van der Waals surface area contributed by atoms with Gasteiger partial charge < -0.3 is 4.57 Å². The van der Waals surface area contributed by atoms with Crippen molar-refractivity contribution in [1.29, 1.82) is 0 Å². The Bertz CT molecular complexity index is 403. The maximum absolute atomic E-state index is 11.3. The second kappa shape index (κ2) is 5.67. The summed E-state index contributed by atoms with van der Waals surface area (Å²) in [5, 5.41) is 0. The van der Waals surface area contributed by atoms with E-state index in [2.05, 4.69) is 15.9 Å². The van der Waals surface area contributed by atoms with Crippen LogP contribution >= 0.6 is 15.9 Å². The van der Waals surface area contributed by atoms with Gasteiger partial charge in [-0.05, 0) is 28.4 Å². The highest BCUT2D eigenvalue weighted by Gasteiger charge is 2.00. The van der Waals surface area contributed by atoms with Crippen molar-refractivity contribution >= 4 is 21.8 Å². The zero-order valence-electron chi connectivity index (χ0n) is 8.07. The molecule has 1 rings (SSSR count).